The van der Waals surface area contributed by atoms with Crippen molar-refractivity contribution in [3.63, 3.8) is 0 Å². The van der Waals surface area contributed by atoms with Gasteiger partial charge in [0, 0.05) is 18.8 Å². The van der Waals surface area contributed by atoms with Gasteiger partial charge in [0.05, 0.1) is 11.6 Å². The SMILES string of the molecule is O=C(O)C1CCc2cc3c(cc2NC1)NCCO3. The van der Waals surface area contributed by atoms with E-state index < -0.39 is 5.97 Å². The lowest BCUT2D eigenvalue weighted by atomic mass is 10.0. The van der Waals surface area contributed by atoms with Crippen LogP contribution in [-0.4, -0.2) is 30.8 Å². The van der Waals surface area contributed by atoms with Gasteiger partial charge in [-0.25, -0.2) is 0 Å². The third-order valence-electron chi connectivity index (χ3n) is 3.53. The van der Waals surface area contributed by atoms with Gasteiger partial charge in [-0.3, -0.25) is 4.79 Å². The number of aryl methyl sites for hydroxylation is 1. The van der Waals surface area contributed by atoms with Gasteiger partial charge in [0.15, 0.2) is 0 Å². The highest BCUT2D eigenvalue weighted by molar-refractivity contribution is 5.73. The molecule has 5 heteroatoms. The Labute approximate surface area is 105 Å². The Morgan fingerprint density at radius 3 is 3.06 bits per heavy atom. The molecule has 2 aliphatic rings. The van der Waals surface area contributed by atoms with E-state index in [9.17, 15) is 4.79 Å². The smallest absolute Gasteiger partial charge is 0.308 e. The molecule has 1 aromatic carbocycles. The Kier molecular flexibility index (Phi) is 2.74. The molecule has 96 valence electrons. The molecule has 0 fully saturated rings. The molecule has 1 atom stereocenters. The monoisotopic (exact) mass is 248 g/mol. The molecule has 1 aromatic rings. The molecule has 3 N–H and O–H groups in total. The lowest BCUT2D eigenvalue weighted by molar-refractivity contribution is -0.141. The van der Waals surface area contributed by atoms with Gasteiger partial charge >= 0.3 is 5.97 Å². The summed E-state index contributed by atoms with van der Waals surface area (Å²) in [6, 6.07) is 4.04. The minimum atomic E-state index is -0.727. The van der Waals surface area contributed by atoms with Gasteiger partial charge in [-0.05, 0) is 30.5 Å². The van der Waals surface area contributed by atoms with Crippen LogP contribution in [-0.2, 0) is 11.2 Å². The molecule has 0 saturated heterocycles. The Morgan fingerprint density at radius 2 is 2.22 bits per heavy atom. The van der Waals surface area contributed by atoms with Crippen LogP contribution in [0.4, 0.5) is 11.4 Å². The third-order valence-corrected chi connectivity index (χ3v) is 3.53. The minimum absolute atomic E-state index is 0.316. The van der Waals surface area contributed by atoms with Crippen LogP contribution in [0.5, 0.6) is 5.75 Å². The van der Waals surface area contributed by atoms with Crippen molar-refractivity contribution in [3.05, 3.63) is 17.7 Å². The minimum Gasteiger partial charge on any atom is -0.490 e. The van der Waals surface area contributed by atoms with E-state index in [4.69, 9.17) is 9.84 Å². The van der Waals surface area contributed by atoms with Crippen LogP contribution in [0, 0.1) is 5.92 Å². The van der Waals surface area contributed by atoms with Crippen LogP contribution < -0.4 is 15.4 Å². The van der Waals surface area contributed by atoms with Crippen LogP contribution in [0.3, 0.4) is 0 Å². The first kappa shape index (κ1) is 11.2. The number of hydrogen-bond acceptors (Lipinski definition) is 4. The molecule has 1 unspecified atom stereocenters. The molecule has 0 amide bonds. The molecule has 0 bridgehead atoms. The number of carboxylic acid groups (broad SMARTS) is 1. The summed E-state index contributed by atoms with van der Waals surface area (Å²) in [5.74, 6) is -0.173. The van der Waals surface area contributed by atoms with Crippen molar-refractivity contribution < 1.29 is 14.6 Å². The van der Waals surface area contributed by atoms with E-state index in [0.717, 1.165) is 35.7 Å². The quantitative estimate of drug-likeness (QED) is 0.703. The maximum atomic E-state index is 11.0. The van der Waals surface area contributed by atoms with Crippen molar-refractivity contribution >= 4 is 17.3 Å². The molecule has 0 radical (unpaired) electrons. The van der Waals surface area contributed by atoms with Crippen molar-refractivity contribution in [2.45, 2.75) is 12.8 Å². The summed E-state index contributed by atoms with van der Waals surface area (Å²) < 4.78 is 5.60. The van der Waals surface area contributed by atoms with E-state index in [2.05, 4.69) is 10.6 Å². The van der Waals surface area contributed by atoms with E-state index in [1.54, 1.807) is 0 Å². The highest BCUT2D eigenvalue weighted by Gasteiger charge is 2.23. The van der Waals surface area contributed by atoms with Crippen molar-refractivity contribution in [1.29, 1.82) is 0 Å². The summed E-state index contributed by atoms with van der Waals surface area (Å²) in [4.78, 5) is 11.0. The first-order valence-electron chi connectivity index (χ1n) is 6.24. The lowest BCUT2D eigenvalue weighted by Crippen LogP contribution is -2.21. The van der Waals surface area contributed by atoms with E-state index in [0.29, 0.717) is 19.6 Å². The molecule has 0 spiro atoms. The Hall–Kier alpha value is -1.91. The molecule has 18 heavy (non-hydrogen) atoms. The molecule has 2 aliphatic heterocycles. The second kappa shape index (κ2) is 4.40. The molecule has 2 heterocycles. The summed E-state index contributed by atoms with van der Waals surface area (Å²) in [5, 5.41) is 15.6. The van der Waals surface area contributed by atoms with Crippen molar-refractivity contribution in [2.75, 3.05) is 30.3 Å². The summed E-state index contributed by atoms with van der Waals surface area (Å²) in [5.41, 5.74) is 3.15. The van der Waals surface area contributed by atoms with Gasteiger partial charge in [-0.15, -0.1) is 0 Å². The molecule has 0 aliphatic carbocycles. The fraction of sp³-hybridized carbons (Fsp3) is 0.462. The van der Waals surface area contributed by atoms with E-state index in [-0.39, 0.29) is 5.92 Å². The summed E-state index contributed by atoms with van der Waals surface area (Å²) >= 11 is 0. The number of benzene rings is 1. The van der Waals surface area contributed by atoms with Crippen LogP contribution in [0.1, 0.15) is 12.0 Å². The largest absolute Gasteiger partial charge is 0.490 e. The Bertz CT molecular complexity index is 450. The van der Waals surface area contributed by atoms with Crippen LogP contribution in [0.2, 0.25) is 0 Å². The number of hydrogen-bond donors (Lipinski definition) is 3. The fourth-order valence-electron chi connectivity index (χ4n) is 2.47. The van der Waals surface area contributed by atoms with E-state index >= 15 is 0 Å². The highest BCUT2D eigenvalue weighted by atomic mass is 16.5. The van der Waals surface area contributed by atoms with Crippen molar-refractivity contribution in [1.82, 2.24) is 0 Å². The maximum Gasteiger partial charge on any atom is 0.308 e. The third kappa shape index (κ3) is 1.96. The number of fused-ring (bicyclic) bond motifs is 2. The first-order valence-corrected chi connectivity index (χ1v) is 6.24. The van der Waals surface area contributed by atoms with Gasteiger partial charge in [0.1, 0.15) is 12.4 Å². The zero-order valence-corrected chi connectivity index (χ0v) is 10.0. The number of aliphatic carboxylic acids is 1. The lowest BCUT2D eigenvalue weighted by Gasteiger charge is -2.21. The van der Waals surface area contributed by atoms with Crippen LogP contribution in [0.15, 0.2) is 12.1 Å². The van der Waals surface area contributed by atoms with Crippen molar-refractivity contribution in [2.24, 2.45) is 5.92 Å². The molecular weight excluding hydrogens is 232 g/mol. The topological polar surface area (TPSA) is 70.6 Å². The first-order chi connectivity index (χ1) is 8.74. The van der Waals surface area contributed by atoms with Gasteiger partial charge in [-0.2, -0.15) is 0 Å². The average molecular weight is 248 g/mol. The Morgan fingerprint density at radius 1 is 1.33 bits per heavy atom. The number of nitrogens with one attached hydrogen (secondary N) is 2. The summed E-state index contributed by atoms with van der Waals surface area (Å²) in [7, 11) is 0. The predicted molar refractivity (Wildman–Crippen MR) is 68.4 cm³/mol. The second-order valence-electron chi connectivity index (χ2n) is 4.74. The zero-order valence-electron chi connectivity index (χ0n) is 10.0. The number of rotatable bonds is 1. The van der Waals surface area contributed by atoms with Gasteiger partial charge < -0.3 is 20.5 Å². The Balaban J connectivity index is 1.89. The molecule has 0 saturated carbocycles. The molecule has 5 nitrogen and oxygen atoms in total. The fourth-order valence-corrected chi connectivity index (χ4v) is 2.47. The second-order valence-corrected chi connectivity index (χ2v) is 4.74. The van der Waals surface area contributed by atoms with Gasteiger partial charge in [-0.1, -0.05) is 0 Å². The van der Waals surface area contributed by atoms with E-state index in [1.165, 1.54) is 0 Å². The number of carbonyl (C=O) groups is 1. The molecule has 3 rings (SSSR count). The summed E-state index contributed by atoms with van der Waals surface area (Å²) in [6.07, 6.45) is 1.44. The zero-order chi connectivity index (χ0) is 12.5. The summed E-state index contributed by atoms with van der Waals surface area (Å²) in [6.45, 7) is 1.97. The van der Waals surface area contributed by atoms with Crippen LogP contribution >= 0.6 is 0 Å². The number of carboxylic acids is 1. The molecule has 0 aromatic heterocycles. The normalized spacial score (nSPS) is 21.4. The average Bonchev–Trinajstić information content (AvgIpc) is 2.58. The molecular formula is C13H16N2O3. The number of ether oxygens (including phenoxy) is 1. The van der Waals surface area contributed by atoms with Gasteiger partial charge in [0.2, 0.25) is 0 Å². The maximum absolute atomic E-state index is 11.0. The predicted octanol–water partition coefficient (Wildman–Crippen LogP) is 1.55. The number of anilines is 2. The highest BCUT2D eigenvalue weighted by Crippen LogP contribution is 2.35. The standard InChI is InChI=1S/C13H16N2O3/c16-13(17)9-2-1-8-5-12-11(14-3-4-18-12)6-10(8)15-7-9/h5-6,9,14-15H,1-4,7H2,(H,16,17). The van der Waals surface area contributed by atoms with Gasteiger partial charge in [0.25, 0.3) is 0 Å². The van der Waals surface area contributed by atoms with Crippen molar-refractivity contribution in [3.8, 4) is 5.75 Å². The van der Waals surface area contributed by atoms with E-state index in [1.807, 2.05) is 12.1 Å². The van der Waals surface area contributed by atoms with Crippen LogP contribution in [0.25, 0.3) is 0 Å².